The van der Waals surface area contributed by atoms with Crippen molar-refractivity contribution in [3.63, 3.8) is 0 Å². The van der Waals surface area contributed by atoms with Crippen molar-refractivity contribution in [2.24, 2.45) is 0 Å². The highest BCUT2D eigenvalue weighted by molar-refractivity contribution is 5.83. The van der Waals surface area contributed by atoms with Gasteiger partial charge in [0.2, 0.25) is 5.43 Å². The highest BCUT2D eigenvalue weighted by atomic mass is 16.5. The number of hydrogen-bond acceptors (Lipinski definition) is 5. The van der Waals surface area contributed by atoms with E-state index in [0.29, 0.717) is 0 Å². The molecule has 0 bridgehead atoms. The Kier molecular flexibility index (Phi) is 1.77. The first-order valence-electron chi connectivity index (χ1n) is 3.73. The molecule has 0 radical (unpaired) electrons. The number of rotatable bonds is 0. The molecule has 7 heteroatoms. The summed E-state index contributed by atoms with van der Waals surface area (Å²) < 4.78 is 5.55. The van der Waals surface area contributed by atoms with Crippen LogP contribution in [0, 0.1) is 0 Å². The van der Waals surface area contributed by atoms with Crippen LogP contribution in [0.3, 0.4) is 0 Å². The Morgan fingerprint density at radius 2 is 2.43 bits per heavy atom. The summed E-state index contributed by atoms with van der Waals surface area (Å²) in [5, 5.41) is 6.06. The van der Waals surface area contributed by atoms with Crippen molar-refractivity contribution < 1.29 is 9.53 Å². The van der Waals surface area contributed by atoms with Crippen molar-refractivity contribution in [2.45, 2.75) is 0 Å². The van der Waals surface area contributed by atoms with E-state index in [0.717, 1.165) is 10.8 Å². The number of nitrogens with zero attached hydrogens (tertiary/aromatic N) is 3. The fourth-order valence-corrected chi connectivity index (χ4v) is 1.09. The predicted octanol–water partition coefficient (Wildman–Crippen LogP) is -0.266. The van der Waals surface area contributed by atoms with E-state index >= 15 is 0 Å². The minimum absolute atomic E-state index is 0.158. The zero-order chi connectivity index (χ0) is 10.1. The van der Waals surface area contributed by atoms with Gasteiger partial charge in [0.15, 0.2) is 11.2 Å². The Morgan fingerprint density at radius 1 is 1.64 bits per heavy atom. The molecule has 0 fully saturated rings. The SMILES string of the molecule is COC(=O)n1cnc2c(=O)cn[nH]c21. The number of aromatic amines is 1. The number of methoxy groups -OCH3 is 1. The molecule has 0 aliphatic heterocycles. The molecule has 2 aromatic heterocycles. The van der Waals surface area contributed by atoms with Gasteiger partial charge in [0.05, 0.1) is 13.3 Å². The second-order valence-corrected chi connectivity index (χ2v) is 2.52. The summed E-state index contributed by atoms with van der Waals surface area (Å²) in [7, 11) is 1.24. The number of carbonyl (C=O) groups excluding carboxylic acids is 1. The summed E-state index contributed by atoms with van der Waals surface area (Å²) in [6, 6.07) is 0. The van der Waals surface area contributed by atoms with Gasteiger partial charge < -0.3 is 4.74 Å². The highest BCUT2D eigenvalue weighted by Crippen LogP contribution is 2.03. The number of nitrogens with one attached hydrogen (secondary N) is 1. The summed E-state index contributed by atoms with van der Waals surface area (Å²) in [5.74, 6) is 0. The summed E-state index contributed by atoms with van der Waals surface area (Å²) in [6.07, 6.45) is 1.67. The van der Waals surface area contributed by atoms with Gasteiger partial charge in [0.1, 0.15) is 6.33 Å². The smallest absolute Gasteiger partial charge is 0.420 e. The summed E-state index contributed by atoms with van der Waals surface area (Å²) >= 11 is 0. The second-order valence-electron chi connectivity index (χ2n) is 2.52. The number of fused-ring (bicyclic) bond motifs is 1. The van der Waals surface area contributed by atoms with E-state index in [-0.39, 0.29) is 16.6 Å². The number of H-pyrrole nitrogens is 1. The van der Waals surface area contributed by atoms with Gasteiger partial charge in [-0.3, -0.25) is 9.89 Å². The van der Waals surface area contributed by atoms with Crippen molar-refractivity contribution in [1.29, 1.82) is 0 Å². The average Bonchev–Trinajstić information content (AvgIpc) is 2.62. The van der Waals surface area contributed by atoms with Gasteiger partial charge in [-0.15, -0.1) is 0 Å². The molecule has 72 valence electrons. The third kappa shape index (κ3) is 1.06. The van der Waals surface area contributed by atoms with E-state index in [1.807, 2.05) is 0 Å². The lowest BCUT2D eigenvalue weighted by molar-refractivity contribution is 0.173. The fourth-order valence-electron chi connectivity index (χ4n) is 1.09. The number of aromatic nitrogens is 4. The monoisotopic (exact) mass is 194 g/mol. The van der Waals surface area contributed by atoms with Crippen LogP contribution in [0.1, 0.15) is 0 Å². The molecule has 0 aromatic carbocycles. The third-order valence-corrected chi connectivity index (χ3v) is 1.72. The molecule has 0 atom stereocenters. The quantitative estimate of drug-likeness (QED) is 0.623. The van der Waals surface area contributed by atoms with E-state index in [1.54, 1.807) is 0 Å². The Hall–Kier alpha value is -2.18. The average molecular weight is 194 g/mol. The molecule has 0 aliphatic carbocycles. The van der Waals surface area contributed by atoms with E-state index in [9.17, 15) is 9.59 Å². The molecule has 0 saturated heterocycles. The third-order valence-electron chi connectivity index (χ3n) is 1.72. The van der Waals surface area contributed by atoms with Gasteiger partial charge >= 0.3 is 6.09 Å². The van der Waals surface area contributed by atoms with E-state index in [4.69, 9.17) is 0 Å². The molecule has 2 rings (SSSR count). The standard InChI is InChI=1S/C7H6N4O3/c1-14-7(13)11-3-8-5-4(12)2-9-10-6(5)11/h2-3H,1H3,(H,10,12). The first-order valence-corrected chi connectivity index (χ1v) is 3.73. The van der Waals surface area contributed by atoms with Crippen molar-refractivity contribution in [3.8, 4) is 0 Å². The van der Waals surface area contributed by atoms with Crippen LogP contribution in [-0.4, -0.2) is 33.0 Å². The lowest BCUT2D eigenvalue weighted by Crippen LogP contribution is -2.12. The van der Waals surface area contributed by atoms with Crippen LogP contribution in [0.15, 0.2) is 17.3 Å². The highest BCUT2D eigenvalue weighted by Gasteiger charge is 2.11. The van der Waals surface area contributed by atoms with Crippen molar-refractivity contribution in [2.75, 3.05) is 7.11 Å². The van der Waals surface area contributed by atoms with Gasteiger partial charge in [-0.05, 0) is 0 Å². The van der Waals surface area contributed by atoms with Gasteiger partial charge in [-0.25, -0.2) is 14.3 Å². The van der Waals surface area contributed by atoms with E-state index in [1.165, 1.54) is 13.4 Å². The van der Waals surface area contributed by atoms with Crippen molar-refractivity contribution in [3.05, 3.63) is 22.7 Å². The maximum absolute atomic E-state index is 11.2. The van der Waals surface area contributed by atoms with Gasteiger partial charge in [0.25, 0.3) is 0 Å². The van der Waals surface area contributed by atoms with Crippen molar-refractivity contribution >= 4 is 17.3 Å². The molecule has 7 nitrogen and oxygen atoms in total. The zero-order valence-electron chi connectivity index (χ0n) is 7.22. The van der Waals surface area contributed by atoms with Gasteiger partial charge in [-0.1, -0.05) is 0 Å². The fraction of sp³-hybridized carbons (Fsp3) is 0.143. The molecule has 0 unspecified atom stereocenters. The molecule has 14 heavy (non-hydrogen) atoms. The number of ether oxygens (including phenoxy) is 1. The van der Waals surface area contributed by atoms with Crippen LogP contribution < -0.4 is 5.43 Å². The van der Waals surface area contributed by atoms with E-state index < -0.39 is 6.09 Å². The van der Waals surface area contributed by atoms with Crippen LogP contribution in [-0.2, 0) is 4.74 Å². The van der Waals surface area contributed by atoms with E-state index in [2.05, 4.69) is 19.9 Å². The lowest BCUT2D eigenvalue weighted by Gasteiger charge is -1.98. The molecule has 0 amide bonds. The summed E-state index contributed by atoms with van der Waals surface area (Å²) in [4.78, 5) is 26.1. The zero-order valence-corrected chi connectivity index (χ0v) is 7.22. The molecular formula is C7H6N4O3. The Morgan fingerprint density at radius 3 is 3.14 bits per heavy atom. The molecule has 2 heterocycles. The molecular weight excluding hydrogens is 188 g/mol. The number of hydrogen-bond donors (Lipinski definition) is 1. The molecule has 0 saturated carbocycles. The molecule has 2 aromatic rings. The van der Waals surface area contributed by atoms with Gasteiger partial charge in [-0.2, -0.15) is 5.10 Å². The Labute approximate surface area is 77.3 Å². The normalized spacial score (nSPS) is 10.4. The minimum atomic E-state index is -0.629. The lowest BCUT2D eigenvalue weighted by atomic mass is 10.5. The molecule has 0 aliphatic rings. The van der Waals surface area contributed by atoms with Crippen LogP contribution in [0.5, 0.6) is 0 Å². The molecule has 0 spiro atoms. The topological polar surface area (TPSA) is 89.9 Å². The first kappa shape index (κ1) is 8.42. The van der Waals surface area contributed by atoms with Crippen LogP contribution in [0.25, 0.3) is 11.2 Å². The maximum atomic E-state index is 11.2. The first-order chi connectivity index (χ1) is 6.74. The maximum Gasteiger partial charge on any atom is 0.420 e. The van der Waals surface area contributed by atoms with Crippen molar-refractivity contribution in [1.82, 2.24) is 19.7 Å². The molecule has 1 N–H and O–H groups in total. The largest absolute Gasteiger partial charge is 0.452 e. The van der Waals surface area contributed by atoms with Crippen LogP contribution in [0.2, 0.25) is 0 Å². The number of imidazole rings is 1. The Bertz CT molecular complexity index is 541. The summed E-state index contributed by atoms with van der Waals surface area (Å²) in [5.41, 5.74) is 0.0381. The van der Waals surface area contributed by atoms with Gasteiger partial charge in [0, 0.05) is 0 Å². The predicted molar refractivity (Wildman–Crippen MR) is 46.0 cm³/mol. The number of carbonyl (C=O) groups is 1. The Balaban J connectivity index is 2.76. The summed E-state index contributed by atoms with van der Waals surface area (Å²) in [6.45, 7) is 0. The second kappa shape index (κ2) is 2.95. The minimum Gasteiger partial charge on any atom is -0.452 e. The van der Waals surface area contributed by atoms with Crippen LogP contribution >= 0.6 is 0 Å². The van der Waals surface area contributed by atoms with Crippen LogP contribution in [0.4, 0.5) is 4.79 Å².